The Hall–Kier alpha value is -1.52. The van der Waals surface area contributed by atoms with E-state index in [0.29, 0.717) is 0 Å². The second-order valence-corrected chi connectivity index (χ2v) is 2.63. The van der Waals surface area contributed by atoms with Gasteiger partial charge in [0.25, 0.3) is 5.79 Å². The third-order valence-corrected chi connectivity index (χ3v) is 1.59. The normalized spacial score (nSPS) is 19.2. The van der Waals surface area contributed by atoms with E-state index in [2.05, 4.69) is 9.99 Å². The van der Waals surface area contributed by atoms with Crippen LogP contribution >= 0.6 is 0 Å². The largest absolute Gasteiger partial charge is 0.451 e. The summed E-state index contributed by atoms with van der Waals surface area (Å²) in [5.74, 6) is -1.41. The van der Waals surface area contributed by atoms with Crippen molar-refractivity contribution in [2.24, 2.45) is 5.16 Å². The molecule has 1 aliphatic heterocycles. The monoisotopic (exact) mass is 185 g/mol. The Morgan fingerprint density at radius 2 is 2.00 bits per heavy atom. The molecule has 0 fully saturated rings. The standard InChI is InChI=1S/C8H11NO4/c1-6(10)7(9-11-3)8(2)12-4-5-13-8/h4-5H,1-3H3. The van der Waals surface area contributed by atoms with E-state index in [1.165, 1.54) is 26.6 Å². The molecule has 1 aliphatic rings. The van der Waals surface area contributed by atoms with Crippen LogP contribution in [0.5, 0.6) is 0 Å². The third kappa shape index (κ3) is 1.80. The van der Waals surface area contributed by atoms with Gasteiger partial charge in [0.05, 0.1) is 0 Å². The molecule has 5 nitrogen and oxygen atoms in total. The number of carbonyl (C=O) groups is 1. The van der Waals surface area contributed by atoms with Crippen molar-refractivity contribution in [3.8, 4) is 0 Å². The first-order valence-electron chi connectivity index (χ1n) is 3.73. The number of rotatable bonds is 3. The van der Waals surface area contributed by atoms with Crippen molar-refractivity contribution in [3.63, 3.8) is 0 Å². The predicted molar refractivity (Wildman–Crippen MR) is 44.8 cm³/mol. The Bertz CT molecular complexity index is 261. The molecule has 72 valence electrons. The van der Waals surface area contributed by atoms with Crippen molar-refractivity contribution in [1.29, 1.82) is 0 Å². The second-order valence-electron chi connectivity index (χ2n) is 2.63. The van der Waals surface area contributed by atoms with Crippen LogP contribution in [0.1, 0.15) is 13.8 Å². The van der Waals surface area contributed by atoms with Gasteiger partial charge in [-0.15, -0.1) is 0 Å². The van der Waals surface area contributed by atoms with Crippen LogP contribution in [0, 0.1) is 0 Å². The first-order chi connectivity index (χ1) is 6.10. The summed E-state index contributed by atoms with van der Waals surface area (Å²) in [7, 11) is 1.36. The van der Waals surface area contributed by atoms with Crippen LogP contribution in [0.4, 0.5) is 0 Å². The molecule has 1 rings (SSSR count). The fourth-order valence-corrected chi connectivity index (χ4v) is 1.01. The van der Waals surface area contributed by atoms with Crippen molar-refractivity contribution >= 4 is 11.5 Å². The van der Waals surface area contributed by atoms with Gasteiger partial charge in [0.1, 0.15) is 19.6 Å². The zero-order chi connectivity index (χ0) is 9.90. The van der Waals surface area contributed by atoms with Gasteiger partial charge in [-0.2, -0.15) is 0 Å². The number of ether oxygens (including phenoxy) is 2. The van der Waals surface area contributed by atoms with Gasteiger partial charge in [0.15, 0.2) is 5.78 Å². The lowest BCUT2D eigenvalue weighted by atomic mass is 10.1. The maximum Gasteiger partial charge on any atom is 0.297 e. The van der Waals surface area contributed by atoms with E-state index in [0.717, 1.165) is 0 Å². The lowest BCUT2D eigenvalue weighted by molar-refractivity contribution is -0.116. The minimum atomic E-state index is -1.15. The summed E-state index contributed by atoms with van der Waals surface area (Å²) >= 11 is 0. The quantitative estimate of drug-likeness (QED) is 0.482. The second kappa shape index (κ2) is 3.47. The van der Waals surface area contributed by atoms with Crippen molar-refractivity contribution < 1.29 is 19.1 Å². The van der Waals surface area contributed by atoms with Gasteiger partial charge in [-0.05, 0) is 0 Å². The molecule has 0 aromatic heterocycles. The van der Waals surface area contributed by atoms with Crippen LogP contribution in [-0.4, -0.2) is 24.4 Å². The SMILES string of the molecule is CON=C(C(C)=O)C1(C)OC=CO1. The number of carbonyl (C=O) groups excluding carboxylic acids is 1. The minimum Gasteiger partial charge on any atom is -0.451 e. The molecular formula is C8H11NO4. The summed E-state index contributed by atoms with van der Waals surface area (Å²) in [5, 5.41) is 3.55. The van der Waals surface area contributed by atoms with E-state index < -0.39 is 5.79 Å². The Morgan fingerprint density at radius 1 is 1.46 bits per heavy atom. The smallest absolute Gasteiger partial charge is 0.297 e. The maximum absolute atomic E-state index is 11.1. The molecule has 5 heteroatoms. The van der Waals surface area contributed by atoms with Crippen LogP contribution in [0.25, 0.3) is 0 Å². The Kier molecular flexibility index (Phi) is 2.55. The molecule has 0 aromatic rings. The van der Waals surface area contributed by atoms with Gasteiger partial charge in [-0.25, -0.2) is 0 Å². The fourth-order valence-electron chi connectivity index (χ4n) is 1.01. The van der Waals surface area contributed by atoms with Crippen LogP contribution in [0.2, 0.25) is 0 Å². The first kappa shape index (κ1) is 9.57. The van der Waals surface area contributed by atoms with E-state index >= 15 is 0 Å². The van der Waals surface area contributed by atoms with E-state index in [1.54, 1.807) is 6.92 Å². The summed E-state index contributed by atoms with van der Waals surface area (Å²) in [6, 6.07) is 0. The molecule has 0 aromatic carbocycles. The van der Waals surface area contributed by atoms with Gasteiger partial charge in [-0.1, -0.05) is 5.16 Å². The lowest BCUT2D eigenvalue weighted by Gasteiger charge is -2.22. The fraction of sp³-hybridized carbons (Fsp3) is 0.500. The number of ketones is 1. The first-order valence-corrected chi connectivity index (χ1v) is 3.73. The molecule has 0 spiro atoms. The van der Waals surface area contributed by atoms with Crippen molar-refractivity contribution in [2.75, 3.05) is 7.11 Å². The Labute approximate surface area is 75.9 Å². The highest BCUT2D eigenvalue weighted by Crippen LogP contribution is 2.22. The predicted octanol–water partition coefficient (Wildman–Crippen LogP) is 0.812. The highest BCUT2D eigenvalue weighted by Gasteiger charge is 2.40. The highest BCUT2D eigenvalue weighted by atomic mass is 16.7. The van der Waals surface area contributed by atoms with Crippen molar-refractivity contribution in [3.05, 3.63) is 12.5 Å². The molecule has 0 amide bonds. The average molecular weight is 185 g/mol. The van der Waals surface area contributed by atoms with Crippen molar-refractivity contribution in [1.82, 2.24) is 0 Å². The molecule has 0 bridgehead atoms. The molecule has 0 unspecified atom stereocenters. The van der Waals surface area contributed by atoms with Crippen LogP contribution < -0.4 is 0 Å². The molecule has 0 aliphatic carbocycles. The van der Waals surface area contributed by atoms with Gasteiger partial charge in [0.2, 0.25) is 5.71 Å². The number of hydrogen-bond acceptors (Lipinski definition) is 5. The van der Waals surface area contributed by atoms with E-state index in [1.807, 2.05) is 0 Å². The summed E-state index contributed by atoms with van der Waals surface area (Å²) in [4.78, 5) is 15.6. The molecule has 0 radical (unpaired) electrons. The molecule has 0 atom stereocenters. The van der Waals surface area contributed by atoms with Crippen LogP contribution in [0.3, 0.4) is 0 Å². The van der Waals surface area contributed by atoms with Gasteiger partial charge in [0, 0.05) is 13.8 Å². The van der Waals surface area contributed by atoms with Crippen molar-refractivity contribution in [2.45, 2.75) is 19.6 Å². The Balaban J connectivity index is 2.88. The van der Waals surface area contributed by atoms with Crippen LogP contribution in [0.15, 0.2) is 17.7 Å². The summed E-state index contributed by atoms with van der Waals surface area (Å²) in [6.45, 7) is 2.96. The molecular weight excluding hydrogens is 174 g/mol. The van der Waals surface area contributed by atoms with E-state index in [9.17, 15) is 4.79 Å². The van der Waals surface area contributed by atoms with Gasteiger partial charge in [-0.3, -0.25) is 4.79 Å². The lowest BCUT2D eigenvalue weighted by Crippen LogP contribution is -2.40. The average Bonchev–Trinajstić information content (AvgIpc) is 2.48. The number of oxime groups is 1. The zero-order valence-electron chi connectivity index (χ0n) is 7.73. The molecule has 0 saturated carbocycles. The zero-order valence-corrected chi connectivity index (χ0v) is 7.73. The molecule has 1 heterocycles. The maximum atomic E-state index is 11.1. The van der Waals surface area contributed by atoms with Gasteiger partial charge >= 0.3 is 0 Å². The summed E-state index contributed by atoms with van der Waals surface area (Å²) in [5.41, 5.74) is 0.0972. The van der Waals surface area contributed by atoms with E-state index in [-0.39, 0.29) is 11.5 Å². The topological polar surface area (TPSA) is 57.1 Å². The van der Waals surface area contributed by atoms with Gasteiger partial charge < -0.3 is 14.3 Å². The molecule has 13 heavy (non-hydrogen) atoms. The number of Topliss-reactive ketones (excluding diaryl/α,β-unsaturated/α-hetero) is 1. The number of nitrogens with zero attached hydrogens (tertiary/aromatic N) is 1. The molecule has 0 N–H and O–H groups in total. The Morgan fingerprint density at radius 3 is 2.38 bits per heavy atom. The summed E-state index contributed by atoms with van der Waals surface area (Å²) in [6.07, 6.45) is 2.71. The van der Waals surface area contributed by atoms with E-state index in [4.69, 9.17) is 9.47 Å². The third-order valence-electron chi connectivity index (χ3n) is 1.59. The van der Waals surface area contributed by atoms with Crippen LogP contribution in [-0.2, 0) is 19.1 Å². The summed E-state index contributed by atoms with van der Waals surface area (Å²) < 4.78 is 10.2. The minimum absolute atomic E-state index is 0.0972. The molecule has 0 saturated heterocycles. The highest BCUT2D eigenvalue weighted by molar-refractivity contribution is 6.41. The number of hydrogen-bond donors (Lipinski definition) is 0.